The van der Waals surface area contributed by atoms with Gasteiger partial charge in [-0.3, -0.25) is 4.98 Å². The molecule has 7 heteroatoms. The van der Waals surface area contributed by atoms with E-state index in [1.54, 1.807) is 12.1 Å². The number of halogens is 1. The fraction of sp³-hybridized carbons (Fsp3) is 0.385. The molecule has 0 radical (unpaired) electrons. The number of pyridine rings is 1. The SMILES string of the molecule is Cc1nc(C)c(C(OC(C)(C)C)C(=O)O)c(N2CCC(Cc3ccccc3)CC2)c1-c1ccc(OCCc2ccc(F)cc2)cc1. The van der Waals surface area contributed by atoms with Crippen molar-refractivity contribution in [3.63, 3.8) is 0 Å². The van der Waals surface area contributed by atoms with E-state index in [0.29, 0.717) is 30.2 Å². The van der Waals surface area contributed by atoms with Crippen molar-refractivity contribution in [2.24, 2.45) is 5.92 Å². The number of carboxylic acid groups (broad SMARTS) is 1. The van der Waals surface area contributed by atoms with Crippen LogP contribution >= 0.6 is 0 Å². The number of carbonyl (C=O) groups is 1. The third kappa shape index (κ3) is 8.32. The average molecular weight is 625 g/mol. The molecular formula is C39H45FN2O4. The molecule has 1 aliphatic heterocycles. The lowest BCUT2D eigenvalue weighted by molar-refractivity contribution is -0.160. The largest absolute Gasteiger partial charge is 0.493 e. The highest BCUT2D eigenvalue weighted by atomic mass is 19.1. The molecule has 1 saturated heterocycles. The van der Waals surface area contributed by atoms with Crippen molar-refractivity contribution in [2.45, 2.75) is 72.0 Å². The van der Waals surface area contributed by atoms with Crippen molar-refractivity contribution in [2.75, 3.05) is 24.6 Å². The van der Waals surface area contributed by atoms with Gasteiger partial charge in [0, 0.05) is 42.0 Å². The molecule has 3 aromatic carbocycles. The van der Waals surface area contributed by atoms with Crippen LogP contribution in [0.1, 0.15) is 67.8 Å². The minimum absolute atomic E-state index is 0.250. The second-order valence-electron chi connectivity index (χ2n) is 13.2. The van der Waals surface area contributed by atoms with Crippen LogP contribution in [0.5, 0.6) is 5.75 Å². The first kappa shape index (κ1) is 33.1. The summed E-state index contributed by atoms with van der Waals surface area (Å²) in [6.45, 7) is 11.6. The molecule has 1 atom stereocenters. The van der Waals surface area contributed by atoms with E-state index in [1.807, 2.05) is 58.9 Å². The summed E-state index contributed by atoms with van der Waals surface area (Å²) in [4.78, 5) is 20.1. The van der Waals surface area contributed by atoms with E-state index < -0.39 is 17.7 Å². The van der Waals surface area contributed by atoms with Gasteiger partial charge >= 0.3 is 5.97 Å². The highest BCUT2D eigenvalue weighted by molar-refractivity contribution is 5.88. The van der Waals surface area contributed by atoms with Crippen LogP contribution in [0.15, 0.2) is 78.9 Å². The van der Waals surface area contributed by atoms with E-state index in [1.165, 1.54) is 17.7 Å². The maximum absolute atomic E-state index is 13.3. The van der Waals surface area contributed by atoms with Gasteiger partial charge in [0.1, 0.15) is 11.6 Å². The molecule has 1 N–H and O–H groups in total. The molecule has 242 valence electrons. The highest BCUT2D eigenvalue weighted by Gasteiger charge is 2.35. The Kier molecular flexibility index (Phi) is 10.4. The number of aryl methyl sites for hydroxylation is 2. The molecule has 0 amide bonds. The lowest BCUT2D eigenvalue weighted by atomic mass is 9.88. The predicted molar refractivity (Wildman–Crippen MR) is 181 cm³/mol. The quantitative estimate of drug-likeness (QED) is 0.180. The summed E-state index contributed by atoms with van der Waals surface area (Å²) in [5.74, 6) is 0.00759. The van der Waals surface area contributed by atoms with Crippen molar-refractivity contribution in [3.8, 4) is 16.9 Å². The number of aromatic nitrogens is 1. The number of hydrogen-bond donors (Lipinski definition) is 1. The number of nitrogens with zero attached hydrogens (tertiary/aromatic N) is 2. The summed E-state index contributed by atoms with van der Waals surface area (Å²) in [5, 5.41) is 10.5. The standard InChI is InChI=1S/C39H45FN2O4/c1-26-34(31-13-17-33(18-14-31)45-24-21-28-11-15-32(40)16-12-28)36(35(27(2)41-26)37(38(43)44)46-39(3,4)5)42-22-19-30(20-23-42)25-29-9-7-6-8-10-29/h6-18,30,37H,19-25H2,1-5H3,(H,43,44). The lowest BCUT2D eigenvalue weighted by Gasteiger charge is -2.38. The van der Waals surface area contributed by atoms with Gasteiger partial charge in [0.05, 0.1) is 17.9 Å². The summed E-state index contributed by atoms with van der Waals surface area (Å²) in [7, 11) is 0. The van der Waals surface area contributed by atoms with Gasteiger partial charge in [-0.05, 0) is 101 Å². The number of benzene rings is 3. The van der Waals surface area contributed by atoms with Gasteiger partial charge in [0.15, 0.2) is 6.10 Å². The van der Waals surface area contributed by atoms with Crippen molar-refractivity contribution >= 4 is 11.7 Å². The van der Waals surface area contributed by atoms with E-state index in [9.17, 15) is 14.3 Å². The zero-order valence-corrected chi connectivity index (χ0v) is 27.6. The monoisotopic (exact) mass is 624 g/mol. The maximum atomic E-state index is 13.3. The van der Waals surface area contributed by atoms with Gasteiger partial charge in [-0.2, -0.15) is 0 Å². The molecule has 5 rings (SSSR count). The minimum atomic E-state index is -1.17. The number of piperidine rings is 1. The molecule has 0 saturated carbocycles. The Hall–Kier alpha value is -4.23. The number of carboxylic acids is 1. The molecule has 1 aliphatic rings. The van der Waals surface area contributed by atoms with Crippen molar-refractivity contribution < 1.29 is 23.8 Å². The van der Waals surface area contributed by atoms with Gasteiger partial charge in [0.25, 0.3) is 0 Å². The zero-order chi connectivity index (χ0) is 32.8. The maximum Gasteiger partial charge on any atom is 0.337 e. The van der Waals surface area contributed by atoms with Crippen molar-refractivity contribution in [1.29, 1.82) is 0 Å². The first-order valence-electron chi connectivity index (χ1n) is 16.2. The van der Waals surface area contributed by atoms with Crippen LogP contribution in [0, 0.1) is 25.6 Å². The Bertz CT molecular complexity index is 1610. The third-order valence-electron chi connectivity index (χ3n) is 8.55. The van der Waals surface area contributed by atoms with Crippen LogP contribution in [-0.2, 0) is 22.4 Å². The van der Waals surface area contributed by atoms with Crippen LogP contribution in [0.2, 0.25) is 0 Å². The molecule has 46 heavy (non-hydrogen) atoms. The average Bonchev–Trinajstić information content (AvgIpc) is 3.02. The second kappa shape index (κ2) is 14.5. The molecule has 1 aromatic heterocycles. The normalized spacial score (nSPS) is 14.7. The van der Waals surface area contributed by atoms with E-state index in [2.05, 4.69) is 35.2 Å². The first-order chi connectivity index (χ1) is 22.0. The van der Waals surface area contributed by atoms with Crippen LogP contribution in [0.25, 0.3) is 11.1 Å². The minimum Gasteiger partial charge on any atom is -0.493 e. The lowest BCUT2D eigenvalue weighted by Crippen LogP contribution is -2.37. The number of aliphatic carboxylic acids is 1. The number of anilines is 1. The highest BCUT2D eigenvalue weighted by Crippen LogP contribution is 2.44. The summed E-state index contributed by atoms with van der Waals surface area (Å²) in [6, 6.07) is 25.0. The Morgan fingerprint density at radius 2 is 1.59 bits per heavy atom. The Morgan fingerprint density at radius 3 is 2.20 bits per heavy atom. The summed E-state index contributed by atoms with van der Waals surface area (Å²) >= 11 is 0. The summed E-state index contributed by atoms with van der Waals surface area (Å²) in [6.07, 6.45) is 2.55. The van der Waals surface area contributed by atoms with E-state index in [4.69, 9.17) is 14.5 Å². The van der Waals surface area contributed by atoms with Crippen molar-refractivity contribution in [3.05, 3.63) is 113 Å². The van der Waals surface area contributed by atoms with Gasteiger partial charge in [-0.15, -0.1) is 0 Å². The first-order valence-corrected chi connectivity index (χ1v) is 16.2. The van der Waals surface area contributed by atoms with Crippen LogP contribution < -0.4 is 9.64 Å². The fourth-order valence-corrected chi connectivity index (χ4v) is 6.38. The molecule has 0 aliphatic carbocycles. The van der Waals surface area contributed by atoms with Gasteiger partial charge in [-0.1, -0.05) is 54.6 Å². The number of rotatable bonds is 11. The molecular weight excluding hydrogens is 579 g/mol. The van der Waals surface area contributed by atoms with Gasteiger partial charge in [-0.25, -0.2) is 9.18 Å². The smallest absolute Gasteiger partial charge is 0.337 e. The molecule has 1 unspecified atom stereocenters. The molecule has 0 bridgehead atoms. The number of ether oxygens (including phenoxy) is 2. The summed E-state index contributed by atoms with van der Waals surface area (Å²) < 4.78 is 25.5. The number of hydrogen-bond acceptors (Lipinski definition) is 5. The molecule has 4 aromatic rings. The summed E-state index contributed by atoms with van der Waals surface area (Å²) in [5.41, 5.74) is 6.56. The topological polar surface area (TPSA) is 71.9 Å². The van der Waals surface area contributed by atoms with Crippen molar-refractivity contribution in [1.82, 2.24) is 4.98 Å². The Labute approximate surface area is 272 Å². The third-order valence-corrected chi connectivity index (χ3v) is 8.55. The van der Waals surface area contributed by atoms with Gasteiger partial charge in [0.2, 0.25) is 0 Å². The van der Waals surface area contributed by atoms with Crippen LogP contribution in [-0.4, -0.2) is 41.4 Å². The fourth-order valence-electron chi connectivity index (χ4n) is 6.38. The Balaban J connectivity index is 1.46. The molecule has 2 heterocycles. The van der Waals surface area contributed by atoms with Crippen LogP contribution in [0.3, 0.4) is 0 Å². The van der Waals surface area contributed by atoms with E-state index >= 15 is 0 Å². The van der Waals surface area contributed by atoms with E-state index in [0.717, 1.165) is 66.2 Å². The second-order valence-corrected chi connectivity index (χ2v) is 13.2. The van der Waals surface area contributed by atoms with Gasteiger partial charge < -0.3 is 19.5 Å². The van der Waals surface area contributed by atoms with E-state index in [-0.39, 0.29) is 5.82 Å². The Morgan fingerprint density at radius 1 is 0.935 bits per heavy atom. The molecule has 0 spiro atoms. The predicted octanol–water partition coefficient (Wildman–Crippen LogP) is 8.53. The van der Waals surface area contributed by atoms with Crippen LogP contribution in [0.4, 0.5) is 10.1 Å². The zero-order valence-electron chi connectivity index (χ0n) is 27.6. The molecule has 6 nitrogen and oxygen atoms in total. The molecule has 1 fully saturated rings.